The third-order valence-electron chi connectivity index (χ3n) is 5.02. The minimum atomic E-state index is -0.378. The summed E-state index contributed by atoms with van der Waals surface area (Å²) in [5, 5.41) is 4.06. The van der Waals surface area contributed by atoms with Crippen LogP contribution in [0.2, 0.25) is 0 Å². The second-order valence-electron chi connectivity index (χ2n) is 6.86. The number of rotatable bonds is 5. The van der Waals surface area contributed by atoms with Crippen molar-refractivity contribution in [2.75, 3.05) is 25.7 Å². The molecule has 2 aromatic carbocycles. The Morgan fingerprint density at radius 3 is 2.69 bits per heavy atom. The van der Waals surface area contributed by atoms with Gasteiger partial charge in [0.25, 0.3) is 5.89 Å². The van der Waals surface area contributed by atoms with Gasteiger partial charge in [0.05, 0.1) is 14.2 Å². The van der Waals surface area contributed by atoms with Gasteiger partial charge in [-0.1, -0.05) is 11.2 Å². The molecular weight excluding hydrogens is 377 g/mol. The van der Waals surface area contributed by atoms with Crippen molar-refractivity contribution in [2.24, 2.45) is 0 Å². The van der Waals surface area contributed by atoms with Crippen molar-refractivity contribution in [3.63, 3.8) is 0 Å². The van der Waals surface area contributed by atoms with Gasteiger partial charge in [-0.15, -0.1) is 0 Å². The number of amides is 1. The molecule has 3 aromatic rings. The molecule has 0 N–H and O–H groups in total. The number of anilines is 1. The number of hydrogen-bond acceptors (Lipinski definition) is 6. The van der Waals surface area contributed by atoms with Crippen LogP contribution in [0.25, 0.3) is 11.5 Å². The van der Waals surface area contributed by atoms with Crippen molar-refractivity contribution in [3.05, 3.63) is 53.6 Å². The molecule has 1 aliphatic rings. The fourth-order valence-electron chi connectivity index (χ4n) is 3.47. The molecule has 29 heavy (non-hydrogen) atoms. The van der Waals surface area contributed by atoms with Crippen LogP contribution in [0.3, 0.4) is 0 Å². The van der Waals surface area contributed by atoms with Crippen LogP contribution in [0, 0.1) is 12.7 Å². The zero-order valence-corrected chi connectivity index (χ0v) is 16.3. The summed E-state index contributed by atoms with van der Waals surface area (Å²) in [7, 11) is 3.11. The highest BCUT2D eigenvalue weighted by Crippen LogP contribution is 2.35. The number of ether oxygens (including phenoxy) is 2. The van der Waals surface area contributed by atoms with Crippen LogP contribution in [-0.4, -0.2) is 36.8 Å². The van der Waals surface area contributed by atoms with Gasteiger partial charge in [0.2, 0.25) is 5.91 Å². The van der Waals surface area contributed by atoms with Crippen molar-refractivity contribution in [3.8, 4) is 23.0 Å². The summed E-state index contributed by atoms with van der Waals surface area (Å²) < 4.78 is 29.6. The van der Waals surface area contributed by atoms with E-state index in [0.717, 1.165) is 5.56 Å². The summed E-state index contributed by atoms with van der Waals surface area (Å²) in [6.45, 7) is 2.22. The van der Waals surface area contributed by atoms with Gasteiger partial charge in [-0.05, 0) is 42.8 Å². The van der Waals surface area contributed by atoms with E-state index in [-0.39, 0.29) is 24.1 Å². The molecule has 1 unspecified atom stereocenters. The first-order chi connectivity index (χ1) is 14.0. The van der Waals surface area contributed by atoms with Crippen LogP contribution in [0.4, 0.5) is 10.1 Å². The monoisotopic (exact) mass is 397 g/mol. The topological polar surface area (TPSA) is 77.7 Å². The highest BCUT2D eigenvalue weighted by molar-refractivity contribution is 5.97. The van der Waals surface area contributed by atoms with Crippen molar-refractivity contribution in [1.29, 1.82) is 0 Å². The summed E-state index contributed by atoms with van der Waals surface area (Å²) in [4.78, 5) is 18.6. The Labute approximate surface area is 167 Å². The average molecular weight is 397 g/mol. The molecule has 0 aliphatic carbocycles. The van der Waals surface area contributed by atoms with E-state index in [1.165, 1.54) is 12.1 Å². The van der Waals surface area contributed by atoms with Gasteiger partial charge >= 0.3 is 0 Å². The first kappa shape index (κ1) is 18.9. The molecule has 0 radical (unpaired) electrons. The zero-order valence-electron chi connectivity index (χ0n) is 16.3. The molecule has 1 aromatic heterocycles. The quantitative estimate of drug-likeness (QED) is 0.653. The molecule has 1 atom stereocenters. The average Bonchev–Trinajstić information content (AvgIpc) is 3.36. The number of carbonyl (C=O) groups is 1. The van der Waals surface area contributed by atoms with Crippen LogP contribution in [0.5, 0.6) is 11.5 Å². The summed E-state index contributed by atoms with van der Waals surface area (Å²) >= 11 is 0. The van der Waals surface area contributed by atoms with Crippen LogP contribution >= 0.6 is 0 Å². The van der Waals surface area contributed by atoms with E-state index in [9.17, 15) is 9.18 Å². The first-order valence-corrected chi connectivity index (χ1v) is 9.12. The Morgan fingerprint density at radius 2 is 1.93 bits per heavy atom. The highest BCUT2D eigenvalue weighted by atomic mass is 19.1. The third kappa shape index (κ3) is 3.53. The van der Waals surface area contributed by atoms with Crippen LogP contribution in [-0.2, 0) is 4.79 Å². The van der Waals surface area contributed by atoms with Gasteiger partial charge in [0.1, 0.15) is 5.82 Å². The molecule has 2 heterocycles. The molecule has 7 nitrogen and oxygen atoms in total. The Balaban J connectivity index is 1.58. The fourth-order valence-corrected chi connectivity index (χ4v) is 3.47. The third-order valence-corrected chi connectivity index (χ3v) is 5.02. The van der Waals surface area contributed by atoms with Crippen molar-refractivity contribution >= 4 is 11.6 Å². The second-order valence-corrected chi connectivity index (χ2v) is 6.86. The molecule has 150 valence electrons. The van der Waals surface area contributed by atoms with E-state index in [4.69, 9.17) is 14.0 Å². The number of halogens is 1. The van der Waals surface area contributed by atoms with Crippen LogP contribution in [0.1, 0.15) is 23.7 Å². The number of carbonyl (C=O) groups excluding carboxylic acids is 1. The first-order valence-electron chi connectivity index (χ1n) is 9.12. The summed E-state index contributed by atoms with van der Waals surface area (Å²) in [5.41, 5.74) is 2.09. The van der Waals surface area contributed by atoms with Gasteiger partial charge in [-0.2, -0.15) is 4.98 Å². The largest absolute Gasteiger partial charge is 0.493 e. The molecule has 1 fully saturated rings. The lowest BCUT2D eigenvalue weighted by Crippen LogP contribution is -2.25. The zero-order chi connectivity index (χ0) is 20.5. The molecule has 4 rings (SSSR count). The Kier molecular flexibility index (Phi) is 4.92. The normalized spacial score (nSPS) is 16.3. The van der Waals surface area contributed by atoms with Gasteiger partial charge in [-0.25, -0.2) is 4.39 Å². The number of aromatic nitrogens is 2. The fraction of sp³-hybridized carbons (Fsp3) is 0.286. The van der Waals surface area contributed by atoms with Gasteiger partial charge < -0.3 is 18.9 Å². The smallest absolute Gasteiger partial charge is 0.258 e. The van der Waals surface area contributed by atoms with Gasteiger partial charge in [0.15, 0.2) is 17.3 Å². The van der Waals surface area contributed by atoms with E-state index < -0.39 is 0 Å². The van der Waals surface area contributed by atoms with Crippen molar-refractivity contribution < 1.29 is 23.2 Å². The molecule has 8 heteroatoms. The molecule has 1 amide bonds. The van der Waals surface area contributed by atoms with Crippen molar-refractivity contribution in [1.82, 2.24) is 10.1 Å². The maximum Gasteiger partial charge on any atom is 0.258 e. The molecule has 0 saturated carbocycles. The van der Waals surface area contributed by atoms with E-state index in [2.05, 4.69) is 10.1 Å². The summed E-state index contributed by atoms with van der Waals surface area (Å²) in [6.07, 6.45) is 0.237. The van der Waals surface area contributed by atoms with E-state index in [0.29, 0.717) is 41.0 Å². The molecule has 1 aliphatic heterocycles. The van der Waals surface area contributed by atoms with Gasteiger partial charge in [-0.3, -0.25) is 4.79 Å². The standard InChI is InChI=1S/C21H20FN3O4/c1-12-4-6-15(22)10-16(12)25-11-14(9-19(25)26)20-23-21(29-24-20)13-5-7-17(27-2)18(8-13)28-3/h4-8,10,14H,9,11H2,1-3H3. The van der Waals surface area contributed by atoms with Crippen LogP contribution in [0.15, 0.2) is 40.9 Å². The maximum absolute atomic E-state index is 13.7. The second kappa shape index (κ2) is 7.54. The van der Waals surface area contributed by atoms with Crippen molar-refractivity contribution in [2.45, 2.75) is 19.3 Å². The Morgan fingerprint density at radius 1 is 1.14 bits per heavy atom. The van der Waals surface area contributed by atoms with E-state index >= 15 is 0 Å². The van der Waals surface area contributed by atoms with E-state index in [1.807, 2.05) is 6.92 Å². The van der Waals surface area contributed by atoms with E-state index in [1.54, 1.807) is 43.4 Å². The lowest BCUT2D eigenvalue weighted by Gasteiger charge is -2.18. The summed E-state index contributed by atoms with van der Waals surface area (Å²) in [6, 6.07) is 9.71. The number of hydrogen-bond donors (Lipinski definition) is 0. The number of nitrogens with zero attached hydrogens (tertiary/aromatic N) is 3. The minimum Gasteiger partial charge on any atom is -0.493 e. The predicted molar refractivity (Wildman–Crippen MR) is 104 cm³/mol. The van der Waals surface area contributed by atoms with Crippen LogP contribution < -0.4 is 14.4 Å². The highest BCUT2D eigenvalue weighted by Gasteiger charge is 2.35. The summed E-state index contributed by atoms with van der Waals surface area (Å²) in [5.74, 6) is 1.21. The van der Waals surface area contributed by atoms with Gasteiger partial charge in [0, 0.05) is 30.1 Å². The molecule has 0 bridgehead atoms. The number of aryl methyl sites for hydroxylation is 1. The Hall–Kier alpha value is -3.42. The SMILES string of the molecule is COc1ccc(-c2nc(C3CC(=O)N(c4cc(F)ccc4C)C3)no2)cc1OC. The minimum absolute atomic E-state index is 0.0961. The lowest BCUT2D eigenvalue weighted by atomic mass is 10.1. The maximum atomic E-state index is 13.7. The Bertz CT molecular complexity index is 1070. The number of methoxy groups -OCH3 is 2. The number of benzene rings is 2. The molecule has 1 saturated heterocycles. The molecule has 0 spiro atoms. The molecular formula is C21H20FN3O4. The lowest BCUT2D eigenvalue weighted by molar-refractivity contribution is -0.117. The predicted octanol–water partition coefficient (Wildman–Crippen LogP) is 3.72.